The fourth-order valence-corrected chi connectivity index (χ4v) is 6.41. The van der Waals surface area contributed by atoms with Gasteiger partial charge < -0.3 is 5.32 Å². The summed E-state index contributed by atoms with van der Waals surface area (Å²) in [6.07, 6.45) is 10.1. The summed E-state index contributed by atoms with van der Waals surface area (Å²) >= 11 is 0. The minimum absolute atomic E-state index is 0.497. The van der Waals surface area contributed by atoms with Gasteiger partial charge in [0.05, 0.1) is 0 Å². The third kappa shape index (κ3) is 2.01. The maximum Gasteiger partial charge on any atom is 0.0192 e. The average molecular weight is 293 g/mol. The normalized spacial score (nSPS) is 38.7. The van der Waals surface area contributed by atoms with Gasteiger partial charge in [0, 0.05) is 12.1 Å². The van der Waals surface area contributed by atoms with Crippen molar-refractivity contribution >= 4 is 5.57 Å². The first kappa shape index (κ1) is 13.4. The van der Waals surface area contributed by atoms with Gasteiger partial charge in [-0.25, -0.2) is 0 Å². The highest BCUT2D eigenvalue weighted by Gasteiger charge is 2.50. The second-order valence-corrected chi connectivity index (χ2v) is 8.61. The van der Waals surface area contributed by atoms with E-state index in [1.165, 1.54) is 61.6 Å². The Kier molecular flexibility index (Phi) is 2.86. The average Bonchev–Trinajstić information content (AvgIpc) is 2.81. The molecule has 0 aromatic heterocycles. The molecule has 5 aliphatic carbocycles. The van der Waals surface area contributed by atoms with Crippen LogP contribution in [0.2, 0.25) is 0 Å². The quantitative estimate of drug-likeness (QED) is 0.860. The van der Waals surface area contributed by atoms with Gasteiger partial charge in [-0.3, -0.25) is 0 Å². The second kappa shape index (κ2) is 4.71. The van der Waals surface area contributed by atoms with Crippen molar-refractivity contribution in [3.05, 3.63) is 41.0 Å². The molecule has 1 N–H and O–H groups in total. The number of hydrogen-bond donors (Lipinski definition) is 1. The number of fused-ring (bicyclic) bond motifs is 1. The van der Waals surface area contributed by atoms with Crippen molar-refractivity contribution in [2.75, 3.05) is 6.54 Å². The molecule has 0 aliphatic heterocycles. The van der Waals surface area contributed by atoms with Crippen LogP contribution in [0, 0.1) is 17.8 Å². The van der Waals surface area contributed by atoms with Gasteiger partial charge in [0.25, 0.3) is 0 Å². The predicted molar refractivity (Wildman–Crippen MR) is 91.6 cm³/mol. The zero-order valence-electron chi connectivity index (χ0n) is 13.7. The second-order valence-electron chi connectivity index (χ2n) is 8.61. The molecule has 1 aromatic carbocycles. The molecule has 0 amide bonds. The van der Waals surface area contributed by atoms with Gasteiger partial charge in [0.15, 0.2) is 0 Å². The van der Waals surface area contributed by atoms with Crippen LogP contribution in [0.4, 0.5) is 0 Å². The maximum atomic E-state index is 4.08. The van der Waals surface area contributed by atoms with E-state index in [9.17, 15) is 0 Å². The van der Waals surface area contributed by atoms with Crippen LogP contribution in [0.1, 0.15) is 56.6 Å². The first-order valence-electron chi connectivity index (χ1n) is 9.23. The lowest BCUT2D eigenvalue weighted by Crippen LogP contribution is -2.58. The van der Waals surface area contributed by atoms with Crippen molar-refractivity contribution in [3.63, 3.8) is 0 Å². The zero-order chi connectivity index (χ0) is 14.7. The molecule has 4 fully saturated rings. The van der Waals surface area contributed by atoms with E-state index in [1.807, 2.05) is 0 Å². The van der Waals surface area contributed by atoms with Gasteiger partial charge in [-0.05, 0) is 91.9 Å². The highest BCUT2D eigenvalue weighted by Crippen LogP contribution is 2.55. The summed E-state index contributed by atoms with van der Waals surface area (Å²) in [5, 5.41) is 4.08. The highest BCUT2D eigenvalue weighted by molar-refractivity contribution is 5.75. The maximum absolute atomic E-state index is 4.08. The molecule has 1 aromatic rings. The van der Waals surface area contributed by atoms with Crippen LogP contribution in [0.5, 0.6) is 0 Å². The minimum Gasteiger partial charge on any atom is -0.307 e. The third-order valence-electron chi connectivity index (χ3n) is 7.07. The molecule has 0 heterocycles. The van der Waals surface area contributed by atoms with E-state index in [0.717, 1.165) is 24.3 Å². The van der Waals surface area contributed by atoms with E-state index < -0.39 is 0 Å². The van der Waals surface area contributed by atoms with Crippen LogP contribution in [0.15, 0.2) is 29.8 Å². The standard InChI is InChI=1S/C21H27N/c1-14-19(9-18-4-2-3-5-20(14)18)13-22-21-10-15-6-16(11-21)8-17(7-15)12-21/h2-5,15-17,22H,6-13H2,1H3. The molecule has 6 rings (SSSR count). The highest BCUT2D eigenvalue weighted by atomic mass is 15.0. The first-order valence-corrected chi connectivity index (χ1v) is 9.23. The van der Waals surface area contributed by atoms with E-state index in [4.69, 9.17) is 0 Å². The molecule has 116 valence electrons. The Bertz CT molecular complexity index is 604. The predicted octanol–water partition coefficient (Wildman–Crippen LogP) is 4.57. The number of rotatable bonds is 3. The number of allylic oxidation sites excluding steroid dienone is 1. The molecule has 0 saturated heterocycles. The van der Waals surface area contributed by atoms with Gasteiger partial charge in [-0.2, -0.15) is 0 Å². The Morgan fingerprint density at radius 1 is 1.00 bits per heavy atom. The van der Waals surface area contributed by atoms with Crippen LogP contribution in [0.3, 0.4) is 0 Å². The van der Waals surface area contributed by atoms with Crippen molar-refractivity contribution in [2.45, 2.75) is 57.4 Å². The molecule has 1 nitrogen and oxygen atoms in total. The summed E-state index contributed by atoms with van der Waals surface area (Å²) in [7, 11) is 0. The molecule has 0 spiro atoms. The lowest BCUT2D eigenvalue weighted by atomic mass is 9.53. The molecular weight excluding hydrogens is 266 g/mol. The molecule has 0 atom stereocenters. The number of hydrogen-bond acceptors (Lipinski definition) is 1. The van der Waals surface area contributed by atoms with E-state index in [1.54, 1.807) is 5.57 Å². The van der Waals surface area contributed by atoms with Crippen LogP contribution in [-0.4, -0.2) is 12.1 Å². The number of nitrogens with one attached hydrogen (secondary N) is 1. The SMILES string of the molecule is CC1=C(CNC23CC4CC(CC(C4)C2)C3)Cc2ccccc21. The van der Waals surface area contributed by atoms with Gasteiger partial charge in [-0.1, -0.05) is 24.3 Å². The molecule has 0 radical (unpaired) electrons. The summed E-state index contributed by atoms with van der Waals surface area (Å²) < 4.78 is 0. The van der Waals surface area contributed by atoms with E-state index in [-0.39, 0.29) is 0 Å². The molecular formula is C21H27N. The molecule has 4 saturated carbocycles. The van der Waals surface area contributed by atoms with E-state index in [2.05, 4.69) is 36.5 Å². The monoisotopic (exact) mass is 293 g/mol. The van der Waals surface area contributed by atoms with Crippen LogP contribution in [-0.2, 0) is 6.42 Å². The fraction of sp³-hybridized carbons (Fsp3) is 0.619. The Morgan fingerprint density at radius 3 is 2.27 bits per heavy atom. The van der Waals surface area contributed by atoms with Crippen LogP contribution < -0.4 is 5.32 Å². The van der Waals surface area contributed by atoms with Gasteiger partial charge in [0.1, 0.15) is 0 Å². The van der Waals surface area contributed by atoms with Gasteiger partial charge >= 0.3 is 0 Å². The topological polar surface area (TPSA) is 12.0 Å². The number of benzene rings is 1. The summed E-state index contributed by atoms with van der Waals surface area (Å²) in [5.41, 5.74) is 6.69. The van der Waals surface area contributed by atoms with E-state index in [0.29, 0.717) is 5.54 Å². The molecule has 1 heteroatoms. The Hall–Kier alpha value is -1.08. The molecule has 22 heavy (non-hydrogen) atoms. The fourth-order valence-electron chi connectivity index (χ4n) is 6.41. The summed E-state index contributed by atoms with van der Waals surface area (Å²) in [6.45, 7) is 3.44. The lowest BCUT2D eigenvalue weighted by Gasteiger charge is -2.57. The Labute approximate surface area is 134 Å². The largest absolute Gasteiger partial charge is 0.307 e. The first-order chi connectivity index (χ1) is 10.7. The minimum atomic E-state index is 0.497. The lowest BCUT2D eigenvalue weighted by molar-refractivity contribution is -0.0182. The van der Waals surface area contributed by atoms with E-state index >= 15 is 0 Å². The van der Waals surface area contributed by atoms with Crippen molar-refractivity contribution < 1.29 is 0 Å². The Balaban J connectivity index is 1.33. The summed E-state index contributed by atoms with van der Waals surface area (Å²) in [6, 6.07) is 8.96. The van der Waals surface area contributed by atoms with Crippen LogP contribution >= 0.6 is 0 Å². The summed E-state index contributed by atoms with van der Waals surface area (Å²) in [5.74, 6) is 3.11. The smallest absolute Gasteiger partial charge is 0.0192 e. The van der Waals surface area contributed by atoms with Crippen molar-refractivity contribution in [1.29, 1.82) is 0 Å². The third-order valence-corrected chi connectivity index (χ3v) is 7.07. The molecule has 5 aliphatic rings. The van der Waals surface area contributed by atoms with Crippen molar-refractivity contribution in [2.24, 2.45) is 17.8 Å². The van der Waals surface area contributed by atoms with Gasteiger partial charge in [-0.15, -0.1) is 0 Å². The van der Waals surface area contributed by atoms with Gasteiger partial charge in [0.2, 0.25) is 0 Å². The molecule has 4 bridgehead atoms. The van der Waals surface area contributed by atoms with Crippen LogP contribution in [0.25, 0.3) is 5.57 Å². The van der Waals surface area contributed by atoms with Crippen molar-refractivity contribution in [3.8, 4) is 0 Å². The zero-order valence-corrected chi connectivity index (χ0v) is 13.7. The molecule has 0 unspecified atom stereocenters. The summed E-state index contributed by atoms with van der Waals surface area (Å²) in [4.78, 5) is 0. The van der Waals surface area contributed by atoms with Crippen molar-refractivity contribution in [1.82, 2.24) is 5.32 Å². The Morgan fingerprint density at radius 2 is 1.64 bits per heavy atom.